The van der Waals surface area contributed by atoms with Gasteiger partial charge >= 0.3 is 0 Å². The Morgan fingerprint density at radius 3 is 2.91 bits per heavy atom. The molecule has 0 amide bonds. The summed E-state index contributed by atoms with van der Waals surface area (Å²) in [4.78, 5) is 3.94. The van der Waals surface area contributed by atoms with Crippen LogP contribution in [0.15, 0.2) is 12.1 Å². The van der Waals surface area contributed by atoms with Gasteiger partial charge in [-0.25, -0.2) is 4.98 Å². The van der Waals surface area contributed by atoms with E-state index in [0.29, 0.717) is 23.0 Å². The quantitative estimate of drug-likeness (QED) is 0.651. The third-order valence-electron chi connectivity index (χ3n) is 1.32. The van der Waals surface area contributed by atoms with Gasteiger partial charge in [-0.05, 0) is 12.1 Å². The second kappa shape index (κ2) is 3.55. The van der Waals surface area contributed by atoms with E-state index in [9.17, 15) is 0 Å². The molecule has 0 radical (unpaired) electrons. The van der Waals surface area contributed by atoms with Gasteiger partial charge in [0.25, 0.3) is 0 Å². The molecule has 11 heavy (non-hydrogen) atoms. The molecule has 3 N–H and O–H groups in total. The monoisotopic (exact) mass is 172 g/mol. The van der Waals surface area contributed by atoms with Crippen LogP contribution < -0.4 is 5.73 Å². The van der Waals surface area contributed by atoms with Crippen LogP contribution in [0.4, 0.5) is 5.69 Å². The number of nitrogens with two attached hydrogens (primary N) is 1. The minimum atomic E-state index is 0.0392. The summed E-state index contributed by atoms with van der Waals surface area (Å²) in [5.41, 5.74) is 6.77. The number of hydrogen-bond acceptors (Lipinski definition) is 3. The Morgan fingerprint density at radius 1 is 1.55 bits per heavy atom. The van der Waals surface area contributed by atoms with E-state index >= 15 is 0 Å². The third-order valence-corrected chi connectivity index (χ3v) is 1.53. The minimum Gasteiger partial charge on any atom is -0.397 e. The van der Waals surface area contributed by atoms with Crippen LogP contribution >= 0.6 is 11.6 Å². The number of aliphatic hydroxyl groups is 1. The Balaban J connectivity index is 2.93. The number of rotatable bonds is 2. The molecule has 0 aromatic carbocycles. The number of pyridine rings is 1. The lowest BCUT2D eigenvalue weighted by molar-refractivity contribution is 0.298. The Morgan fingerprint density at radius 2 is 2.27 bits per heavy atom. The molecule has 0 saturated heterocycles. The van der Waals surface area contributed by atoms with Gasteiger partial charge in [-0.3, -0.25) is 0 Å². The first-order valence-corrected chi connectivity index (χ1v) is 3.63. The number of aliphatic hydroxyl groups excluding tert-OH is 1. The molecule has 1 heterocycles. The highest BCUT2D eigenvalue weighted by Gasteiger charge is 1.99. The van der Waals surface area contributed by atoms with Gasteiger partial charge in [-0.2, -0.15) is 0 Å². The molecular formula is C7H9ClN2O. The topological polar surface area (TPSA) is 59.1 Å². The van der Waals surface area contributed by atoms with E-state index in [1.165, 1.54) is 0 Å². The lowest BCUT2D eigenvalue weighted by atomic mass is 10.2. The number of aromatic nitrogens is 1. The average molecular weight is 173 g/mol. The molecule has 0 atom stereocenters. The number of nitrogens with zero attached hydrogens (tertiary/aromatic N) is 1. The molecule has 0 saturated carbocycles. The average Bonchev–Trinajstić information content (AvgIpc) is 1.98. The van der Waals surface area contributed by atoms with Crippen molar-refractivity contribution in [2.24, 2.45) is 0 Å². The van der Waals surface area contributed by atoms with Crippen LogP contribution in [0.25, 0.3) is 0 Å². The number of nitrogen functional groups attached to an aromatic ring is 1. The highest BCUT2D eigenvalue weighted by Crippen LogP contribution is 2.13. The summed E-state index contributed by atoms with van der Waals surface area (Å²) in [5, 5.41) is 9.00. The van der Waals surface area contributed by atoms with Crippen molar-refractivity contribution >= 4 is 17.3 Å². The Bertz CT molecular complexity index is 252. The minimum absolute atomic E-state index is 0.0392. The summed E-state index contributed by atoms with van der Waals surface area (Å²) in [6, 6.07) is 3.30. The SMILES string of the molecule is Nc1ccc(Cl)nc1CCO. The largest absolute Gasteiger partial charge is 0.397 e. The fraction of sp³-hybridized carbons (Fsp3) is 0.286. The van der Waals surface area contributed by atoms with Crippen molar-refractivity contribution in [1.82, 2.24) is 4.98 Å². The Kier molecular flexibility index (Phi) is 2.68. The molecule has 0 aliphatic heterocycles. The summed E-state index contributed by atoms with van der Waals surface area (Å²) >= 11 is 5.60. The molecule has 3 nitrogen and oxygen atoms in total. The molecule has 1 rings (SSSR count). The van der Waals surface area contributed by atoms with Crippen LogP contribution in [0.1, 0.15) is 5.69 Å². The third kappa shape index (κ3) is 2.06. The van der Waals surface area contributed by atoms with Gasteiger partial charge in [-0.15, -0.1) is 0 Å². The molecule has 1 aromatic heterocycles. The van der Waals surface area contributed by atoms with E-state index in [1.54, 1.807) is 12.1 Å². The highest BCUT2D eigenvalue weighted by atomic mass is 35.5. The van der Waals surface area contributed by atoms with Crippen LogP contribution in [0.5, 0.6) is 0 Å². The number of halogens is 1. The zero-order valence-corrected chi connectivity index (χ0v) is 6.67. The first-order valence-electron chi connectivity index (χ1n) is 3.26. The fourth-order valence-corrected chi connectivity index (χ4v) is 0.957. The van der Waals surface area contributed by atoms with Crippen LogP contribution in [0, 0.1) is 0 Å². The van der Waals surface area contributed by atoms with Crippen molar-refractivity contribution in [3.8, 4) is 0 Å². The van der Waals surface area contributed by atoms with Crippen molar-refractivity contribution in [3.63, 3.8) is 0 Å². The van der Waals surface area contributed by atoms with Gasteiger partial charge in [0.2, 0.25) is 0 Å². The molecule has 0 fully saturated rings. The first-order chi connectivity index (χ1) is 5.24. The van der Waals surface area contributed by atoms with E-state index < -0.39 is 0 Å². The van der Waals surface area contributed by atoms with Gasteiger partial charge in [-0.1, -0.05) is 11.6 Å². The summed E-state index contributed by atoms with van der Waals surface area (Å²) in [6.45, 7) is 0.0392. The Labute approximate surface area is 69.8 Å². The summed E-state index contributed by atoms with van der Waals surface area (Å²) in [5.74, 6) is 0. The molecule has 0 spiro atoms. The van der Waals surface area contributed by atoms with Gasteiger partial charge in [0.15, 0.2) is 0 Å². The van der Waals surface area contributed by atoms with Gasteiger partial charge in [0, 0.05) is 13.0 Å². The Hall–Kier alpha value is -0.800. The van der Waals surface area contributed by atoms with Crippen LogP contribution in [-0.2, 0) is 6.42 Å². The standard InChI is InChI=1S/C7H9ClN2O/c8-7-2-1-5(9)6(10-7)3-4-11/h1-2,11H,3-4,9H2. The van der Waals surface area contributed by atoms with Crippen LogP contribution in [0.3, 0.4) is 0 Å². The molecule has 0 bridgehead atoms. The van der Waals surface area contributed by atoms with Crippen LogP contribution in [0.2, 0.25) is 5.15 Å². The van der Waals surface area contributed by atoms with E-state index in [1.807, 2.05) is 0 Å². The van der Waals surface area contributed by atoms with Gasteiger partial charge < -0.3 is 10.8 Å². The fourth-order valence-electron chi connectivity index (χ4n) is 0.792. The first kappa shape index (κ1) is 8.30. The lowest BCUT2D eigenvalue weighted by Crippen LogP contribution is -2.00. The van der Waals surface area contributed by atoms with Crippen molar-refractivity contribution in [2.75, 3.05) is 12.3 Å². The highest BCUT2D eigenvalue weighted by molar-refractivity contribution is 6.29. The smallest absolute Gasteiger partial charge is 0.129 e. The van der Waals surface area contributed by atoms with Gasteiger partial charge in [0.1, 0.15) is 5.15 Å². The summed E-state index contributed by atoms with van der Waals surface area (Å²) in [6.07, 6.45) is 0.451. The molecule has 0 aliphatic rings. The van der Waals surface area contributed by atoms with Crippen LogP contribution in [-0.4, -0.2) is 16.7 Å². The van der Waals surface area contributed by atoms with E-state index in [-0.39, 0.29) is 6.61 Å². The summed E-state index contributed by atoms with van der Waals surface area (Å²) in [7, 11) is 0. The van der Waals surface area contributed by atoms with E-state index in [2.05, 4.69) is 4.98 Å². The lowest BCUT2D eigenvalue weighted by Gasteiger charge is -2.01. The predicted octanol–water partition coefficient (Wildman–Crippen LogP) is 0.852. The maximum Gasteiger partial charge on any atom is 0.129 e. The van der Waals surface area contributed by atoms with Gasteiger partial charge in [0.05, 0.1) is 11.4 Å². The molecule has 60 valence electrons. The van der Waals surface area contributed by atoms with E-state index in [0.717, 1.165) is 0 Å². The number of anilines is 1. The molecular weight excluding hydrogens is 164 g/mol. The van der Waals surface area contributed by atoms with Crippen molar-refractivity contribution in [3.05, 3.63) is 23.0 Å². The zero-order chi connectivity index (χ0) is 8.27. The van der Waals surface area contributed by atoms with E-state index in [4.69, 9.17) is 22.4 Å². The second-order valence-corrected chi connectivity index (χ2v) is 2.53. The molecule has 0 aliphatic carbocycles. The zero-order valence-electron chi connectivity index (χ0n) is 5.92. The maximum atomic E-state index is 8.60. The van der Waals surface area contributed by atoms with Crippen molar-refractivity contribution in [2.45, 2.75) is 6.42 Å². The predicted molar refractivity (Wildman–Crippen MR) is 44.4 cm³/mol. The van der Waals surface area contributed by atoms with Crippen molar-refractivity contribution < 1.29 is 5.11 Å². The molecule has 0 unspecified atom stereocenters. The molecule has 4 heteroatoms. The normalized spacial score (nSPS) is 10.0. The van der Waals surface area contributed by atoms with Crippen molar-refractivity contribution in [1.29, 1.82) is 0 Å². The second-order valence-electron chi connectivity index (χ2n) is 2.14. The summed E-state index contributed by atoms with van der Waals surface area (Å²) < 4.78 is 0. The molecule has 1 aromatic rings. The number of hydrogen-bond donors (Lipinski definition) is 2. The maximum absolute atomic E-state index is 8.60.